The van der Waals surface area contributed by atoms with Gasteiger partial charge in [-0.1, -0.05) is 68.3 Å². The second kappa shape index (κ2) is 10.5. The molecule has 0 spiro atoms. The van der Waals surface area contributed by atoms with Crippen LogP contribution in [0.2, 0.25) is 5.02 Å². The van der Waals surface area contributed by atoms with Gasteiger partial charge in [-0.15, -0.1) is 0 Å². The van der Waals surface area contributed by atoms with Gasteiger partial charge < -0.3 is 22.0 Å². The van der Waals surface area contributed by atoms with Crippen LogP contribution >= 0.6 is 11.6 Å². The van der Waals surface area contributed by atoms with Crippen LogP contribution in [0.15, 0.2) is 59.7 Å². The van der Waals surface area contributed by atoms with Gasteiger partial charge in [-0.2, -0.15) is 5.10 Å². The molecule has 0 aliphatic rings. The zero-order chi connectivity index (χ0) is 24.1. The summed E-state index contributed by atoms with van der Waals surface area (Å²) in [5.41, 5.74) is 7.43. The van der Waals surface area contributed by atoms with E-state index in [1.807, 2.05) is 44.2 Å². The SMILES string of the molecule is CCC(C)C(NCc1ccc(C(=NN)C(=O)c2ccc(O)c(Cl)c2)c2ccccc12)C(N)=O. The molecule has 0 heterocycles. The summed E-state index contributed by atoms with van der Waals surface area (Å²) in [6, 6.07) is 15.0. The molecule has 3 aromatic rings. The Hall–Kier alpha value is -3.42. The van der Waals surface area contributed by atoms with Gasteiger partial charge >= 0.3 is 0 Å². The Balaban J connectivity index is 1.99. The van der Waals surface area contributed by atoms with Gasteiger partial charge in [0.2, 0.25) is 11.7 Å². The molecule has 1 amide bonds. The second-order valence-corrected chi connectivity index (χ2v) is 8.34. The monoisotopic (exact) mass is 466 g/mol. The topological polar surface area (TPSA) is 131 Å². The van der Waals surface area contributed by atoms with Crippen molar-refractivity contribution in [2.45, 2.75) is 32.9 Å². The van der Waals surface area contributed by atoms with Gasteiger partial charge in [0, 0.05) is 17.7 Å². The normalized spacial score (nSPS) is 13.6. The van der Waals surface area contributed by atoms with E-state index in [0.717, 1.165) is 22.8 Å². The average molecular weight is 467 g/mol. The molecular formula is C25H27ClN4O3. The van der Waals surface area contributed by atoms with Crippen LogP contribution in [0.25, 0.3) is 10.8 Å². The van der Waals surface area contributed by atoms with Gasteiger partial charge in [0.25, 0.3) is 0 Å². The number of nitrogens with zero attached hydrogens (tertiary/aromatic N) is 1. The maximum atomic E-state index is 13.2. The third-order valence-corrected chi connectivity index (χ3v) is 6.16. The van der Waals surface area contributed by atoms with Crippen molar-refractivity contribution in [3.05, 3.63) is 76.3 Å². The van der Waals surface area contributed by atoms with Crippen molar-refractivity contribution >= 4 is 39.8 Å². The summed E-state index contributed by atoms with van der Waals surface area (Å²) in [6.07, 6.45) is 0.819. The fourth-order valence-corrected chi connectivity index (χ4v) is 3.98. The van der Waals surface area contributed by atoms with Gasteiger partial charge in [0.1, 0.15) is 11.5 Å². The maximum absolute atomic E-state index is 13.2. The van der Waals surface area contributed by atoms with Crippen molar-refractivity contribution in [1.82, 2.24) is 5.32 Å². The molecular weight excluding hydrogens is 440 g/mol. The molecule has 172 valence electrons. The lowest BCUT2D eigenvalue weighted by Gasteiger charge is -2.22. The number of hydrogen-bond donors (Lipinski definition) is 4. The lowest BCUT2D eigenvalue weighted by molar-refractivity contribution is -0.121. The highest BCUT2D eigenvalue weighted by Gasteiger charge is 2.23. The van der Waals surface area contributed by atoms with Crippen molar-refractivity contribution in [2.75, 3.05) is 0 Å². The summed E-state index contributed by atoms with van der Waals surface area (Å²) in [7, 11) is 0. The number of carbonyl (C=O) groups is 2. The largest absolute Gasteiger partial charge is 0.506 e. The quantitative estimate of drug-likeness (QED) is 0.165. The second-order valence-electron chi connectivity index (χ2n) is 7.94. The smallest absolute Gasteiger partial charge is 0.234 e. The lowest BCUT2D eigenvalue weighted by Crippen LogP contribution is -2.45. The highest BCUT2D eigenvalue weighted by atomic mass is 35.5. The molecule has 0 saturated carbocycles. The summed E-state index contributed by atoms with van der Waals surface area (Å²) in [5.74, 6) is 4.82. The first-order chi connectivity index (χ1) is 15.8. The molecule has 8 heteroatoms. The Morgan fingerprint density at radius 1 is 1.12 bits per heavy atom. The lowest BCUT2D eigenvalue weighted by atomic mass is 9.92. The van der Waals surface area contributed by atoms with Crippen molar-refractivity contribution < 1.29 is 14.7 Å². The molecule has 0 saturated heterocycles. The van der Waals surface area contributed by atoms with E-state index in [1.54, 1.807) is 6.07 Å². The number of hydrogen-bond acceptors (Lipinski definition) is 6. The molecule has 2 unspecified atom stereocenters. The van der Waals surface area contributed by atoms with E-state index >= 15 is 0 Å². The predicted molar refractivity (Wildman–Crippen MR) is 131 cm³/mol. The number of fused-ring (bicyclic) bond motifs is 1. The summed E-state index contributed by atoms with van der Waals surface area (Å²) >= 11 is 5.97. The van der Waals surface area contributed by atoms with Crippen LogP contribution in [0, 0.1) is 5.92 Å². The Morgan fingerprint density at radius 2 is 1.82 bits per heavy atom. The Morgan fingerprint density at radius 3 is 2.42 bits per heavy atom. The molecule has 3 rings (SSSR count). The van der Waals surface area contributed by atoms with Crippen molar-refractivity contribution in [2.24, 2.45) is 22.6 Å². The van der Waals surface area contributed by atoms with Crippen molar-refractivity contribution in [3.8, 4) is 5.75 Å². The first kappa shape index (κ1) is 24.2. The number of hydrazone groups is 1. The molecule has 6 N–H and O–H groups in total. The van der Waals surface area contributed by atoms with Crippen LogP contribution < -0.4 is 16.9 Å². The molecule has 33 heavy (non-hydrogen) atoms. The number of nitrogens with one attached hydrogen (secondary N) is 1. The molecule has 7 nitrogen and oxygen atoms in total. The Labute approximate surface area is 197 Å². The fourth-order valence-electron chi connectivity index (χ4n) is 3.80. The summed E-state index contributed by atoms with van der Waals surface area (Å²) in [6.45, 7) is 4.42. The summed E-state index contributed by atoms with van der Waals surface area (Å²) in [4.78, 5) is 25.0. The van der Waals surface area contributed by atoms with Crippen LogP contribution in [0.4, 0.5) is 0 Å². The van der Waals surface area contributed by atoms with E-state index < -0.39 is 11.8 Å². The third kappa shape index (κ3) is 5.16. The molecule has 3 aromatic carbocycles. The summed E-state index contributed by atoms with van der Waals surface area (Å²) in [5, 5.41) is 18.4. The zero-order valence-electron chi connectivity index (χ0n) is 18.5. The zero-order valence-corrected chi connectivity index (χ0v) is 19.3. The number of nitrogens with two attached hydrogens (primary N) is 2. The van der Waals surface area contributed by atoms with E-state index in [2.05, 4.69) is 10.4 Å². The van der Waals surface area contributed by atoms with Gasteiger partial charge in [-0.05, 0) is 40.5 Å². The number of Topliss-reactive ketones (excluding diaryl/α,β-unsaturated/α-hetero) is 1. The number of primary amides is 1. The molecule has 2 atom stereocenters. The Kier molecular flexibility index (Phi) is 7.68. The van der Waals surface area contributed by atoms with Crippen LogP contribution in [0.5, 0.6) is 5.75 Å². The minimum Gasteiger partial charge on any atom is -0.506 e. The first-order valence-corrected chi connectivity index (χ1v) is 11.0. The van der Waals surface area contributed by atoms with Crippen molar-refractivity contribution in [1.29, 1.82) is 0 Å². The summed E-state index contributed by atoms with van der Waals surface area (Å²) < 4.78 is 0. The molecule has 0 radical (unpaired) electrons. The number of benzene rings is 3. The average Bonchev–Trinajstić information content (AvgIpc) is 2.81. The number of phenolic OH excluding ortho intramolecular Hbond substituents is 1. The number of carbonyl (C=O) groups excluding carboxylic acids is 2. The standard InChI is InChI=1S/C25H27ClN4O3/c1-3-14(2)22(25(27)33)29-13-16-8-10-19(18-7-5-4-6-17(16)18)23(30-28)24(32)15-9-11-21(31)20(26)12-15/h4-12,14,22,29,31H,3,13,28H2,1-2H3,(H2,27,33). The molecule has 0 aromatic heterocycles. The van der Waals surface area contributed by atoms with Gasteiger partial charge in [0.15, 0.2) is 0 Å². The number of rotatable bonds is 9. The van der Waals surface area contributed by atoms with Crippen LogP contribution in [0.3, 0.4) is 0 Å². The minimum atomic E-state index is -0.449. The maximum Gasteiger partial charge on any atom is 0.234 e. The number of phenols is 1. The van der Waals surface area contributed by atoms with E-state index in [1.165, 1.54) is 18.2 Å². The highest BCUT2D eigenvalue weighted by Crippen LogP contribution is 2.27. The highest BCUT2D eigenvalue weighted by molar-refractivity contribution is 6.53. The number of amides is 1. The van der Waals surface area contributed by atoms with Gasteiger partial charge in [-0.3, -0.25) is 9.59 Å². The van der Waals surface area contributed by atoms with Crippen LogP contribution in [-0.4, -0.2) is 28.6 Å². The van der Waals surface area contributed by atoms with E-state index in [0.29, 0.717) is 12.1 Å². The molecule has 0 aliphatic heterocycles. The van der Waals surface area contributed by atoms with Gasteiger partial charge in [0.05, 0.1) is 11.1 Å². The van der Waals surface area contributed by atoms with Gasteiger partial charge in [-0.25, -0.2) is 0 Å². The molecule has 0 bridgehead atoms. The predicted octanol–water partition coefficient (Wildman–Crippen LogP) is 3.73. The number of ketones is 1. The molecule has 0 aliphatic carbocycles. The van der Waals surface area contributed by atoms with E-state index in [9.17, 15) is 14.7 Å². The fraction of sp³-hybridized carbons (Fsp3) is 0.240. The van der Waals surface area contributed by atoms with Crippen LogP contribution in [-0.2, 0) is 11.3 Å². The Bertz CT molecular complexity index is 1230. The van der Waals surface area contributed by atoms with Crippen LogP contribution in [0.1, 0.15) is 41.8 Å². The first-order valence-electron chi connectivity index (χ1n) is 10.6. The third-order valence-electron chi connectivity index (χ3n) is 5.86. The van der Waals surface area contributed by atoms with E-state index in [-0.39, 0.29) is 33.9 Å². The number of aromatic hydroxyl groups is 1. The molecule has 0 fully saturated rings. The van der Waals surface area contributed by atoms with E-state index in [4.69, 9.17) is 23.2 Å². The van der Waals surface area contributed by atoms with Crippen molar-refractivity contribution in [3.63, 3.8) is 0 Å². The number of halogens is 1. The minimum absolute atomic E-state index is 0.0637.